The normalized spacial score (nSPS) is 19.3. The van der Waals surface area contributed by atoms with Gasteiger partial charge in [0.15, 0.2) is 0 Å². The molecule has 0 heterocycles. The zero-order valence-corrected chi connectivity index (χ0v) is 13.0. The van der Waals surface area contributed by atoms with Gasteiger partial charge in [0, 0.05) is 29.8 Å². The van der Waals surface area contributed by atoms with E-state index in [4.69, 9.17) is 9.47 Å². The molecule has 1 aliphatic carbocycles. The molecule has 2 rings (SSSR count). The van der Waals surface area contributed by atoms with Crippen molar-refractivity contribution in [2.24, 2.45) is 16.7 Å². The maximum Gasteiger partial charge on any atom is 0.228 e. The van der Waals surface area contributed by atoms with Gasteiger partial charge in [-0.25, -0.2) is 0 Å². The van der Waals surface area contributed by atoms with Gasteiger partial charge < -0.3 is 14.8 Å². The Morgan fingerprint density at radius 2 is 1.45 bits per heavy atom. The zero-order valence-electron chi connectivity index (χ0n) is 13.0. The number of amides is 1. The molecule has 20 heavy (non-hydrogen) atoms. The van der Waals surface area contributed by atoms with Gasteiger partial charge in [0.2, 0.25) is 5.91 Å². The third-order valence-corrected chi connectivity index (χ3v) is 4.90. The van der Waals surface area contributed by atoms with E-state index in [1.54, 1.807) is 32.4 Å². The lowest BCUT2D eigenvalue weighted by Gasteiger charge is -2.10. The molecule has 0 aliphatic heterocycles. The Labute approximate surface area is 120 Å². The Kier molecular flexibility index (Phi) is 3.44. The number of nitrogens with one attached hydrogen (secondary N) is 1. The first-order valence-electron chi connectivity index (χ1n) is 6.78. The molecule has 1 saturated carbocycles. The monoisotopic (exact) mass is 277 g/mol. The van der Waals surface area contributed by atoms with Crippen LogP contribution in [0.25, 0.3) is 0 Å². The SMILES string of the molecule is COc1cc(NC(=O)C2C(C)(C)C2(C)C)cc(OC)c1. The number of carbonyl (C=O) groups excluding carboxylic acids is 1. The maximum absolute atomic E-state index is 12.4. The van der Waals surface area contributed by atoms with Crippen molar-refractivity contribution in [3.8, 4) is 11.5 Å². The smallest absolute Gasteiger partial charge is 0.228 e. The molecule has 1 aromatic carbocycles. The van der Waals surface area contributed by atoms with Crippen LogP contribution in [-0.2, 0) is 4.79 Å². The summed E-state index contributed by atoms with van der Waals surface area (Å²) in [6.07, 6.45) is 0. The maximum atomic E-state index is 12.4. The fourth-order valence-corrected chi connectivity index (χ4v) is 2.95. The summed E-state index contributed by atoms with van der Waals surface area (Å²) >= 11 is 0. The van der Waals surface area contributed by atoms with Crippen molar-refractivity contribution >= 4 is 11.6 Å². The molecule has 4 nitrogen and oxygen atoms in total. The van der Waals surface area contributed by atoms with Crippen LogP contribution in [0.2, 0.25) is 0 Å². The molecule has 1 aliphatic rings. The highest BCUT2D eigenvalue weighted by Crippen LogP contribution is 2.68. The number of carbonyl (C=O) groups is 1. The molecule has 1 aromatic rings. The highest BCUT2D eigenvalue weighted by molar-refractivity contribution is 5.96. The van der Waals surface area contributed by atoms with E-state index in [0.29, 0.717) is 17.2 Å². The topological polar surface area (TPSA) is 47.6 Å². The number of ether oxygens (including phenoxy) is 2. The van der Waals surface area contributed by atoms with Crippen LogP contribution in [-0.4, -0.2) is 20.1 Å². The second kappa shape index (κ2) is 4.69. The van der Waals surface area contributed by atoms with Crippen molar-refractivity contribution in [1.82, 2.24) is 0 Å². The molecule has 1 amide bonds. The Morgan fingerprint density at radius 1 is 1.00 bits per heavy atom. The van der Waals surface area contributed by atoms with Crippen LogP contribution in [0.15, 0.2) is 18.2 Å². The second-order valence-corrected chi connectivity index (χ2v) is 6.47. The van der Waals surface area contributed by atoms with Crippen LogP contribution in [0.1, 0.15) is 27.7 Å². The lowest BCUT2D eigenvalue weighted by Crippen LogP contribution is -2.17. The molecule has 0 bridgehead atoms. The summed E-state index contributed by atoms with van der Waals surface area (Å²) in [6.45, 7) is 8.51. The average Bonchev–Trinajstić information content (AvgIpc) is 2.79. The predicted octanol–water partition coefficient (Wildman–Crippen LogP) is 3.32. The number of hydrogen-bond donors (Lipinski definition) is 1. The fourth-order valence-electron chi connectivity index (χ4n) is 2.95. The van der Waals surface area contributed by atoms with E-state index < -0.39 is 0 Å². The minimum Gasteiger partial charge on any atom is -0.497 e. The molecule has 0 radical (unpaired) electrons. The van der Waals surface area contributed by atoms with Crippen LogP contribution in [0.5, 0.6) is 11.5 Å². The van der Waals surface area contributed by atoms with Gasteiger partial charge in [-0.15, -0.1) is 0 Å². The largest absolute Gasteiger partial charge is 0.497 e. The second-order valence-electron chi connectivity index (χ2n) is 6.47. The van der Waals surface area contributed by atoms with Gasteiger partial charge in [-0.1, -0.05) is 27.7 Å². The van der Waals surface area contributed by atoms with Gasteiger partial charge in [-0.2, -0.15) is 0 Å². The van der Waals surface area contributed by atoms with Crippen LogP contribution >= 0.6 is 0 Å². The first-order chi connectivity index (χ1) is 9.23. The predicted molar refractivity (Wildman–Crippen MR) is 79.2 cm³/mol. The summed E-state index contributed by atoms with van der Waals surface area (Å²) < 4.78 is 10.4. The van der Waals surface area contributed by atoms with E-state index >= 15 is 0 Å². The van der Waals surface area contributed by atoms with Crippen molar-refractivity contribution in [1.29, 1.82) is 0 Å². The first-order valence-corrected chi connectivity index (χ1v) is 6.78. The van der Waals surface area contributed by atoms with Crippen LogP contribution in [0, 0.1) is 16.7 Å². The van der Waals surface area contributed by atoms with Gasteiger partial charge in [-0.05, 0) is 10.8 Å². The van der Waals surface area contributed by atoms with E-state index in [-0.39, 0.29) is 22.7 Å². The molecule has 0 unspecified atom stereocenters. The Bertz CT molecular complexity index is 498. The highest BCUT2D eigenvalue weighted by Gasteiger charge is 2.68. The minimum absolute atomic E-state index is 0.0206. The quantitative estimate of drug-likeness (QED) is 0.918. The van der Waals surface area contributed by atoms with Crippen LogP contribution < -0.4 is 14.8 Å². The molecule has 0 spiro atoms. The summed E-state index contributed by atoms with van der Waals surface area (Å²) in [4.78, 5) is 12.4. The van der Waals surface area contributed by atoms with E-state index in [1.807, 2.05) is 0 Å². The van der Waals surface area contributed by atoms with E-state index in [2.05, 4.69) is 33.0 Å². The third kappa shape index (κ3) is 2.23. The highest BCUT2D eigenvalue weighted by atomic mass is 16.5. The van der Waals surface area contributed by atoms with Gasteiger partial charge in [0.1, 0.15) is 11.5 Å². The Balaban J connectivity index is 2.17. The number of benzene rings is 1. The summed E-state index contributed by atoms with van der Waals surface area (Å²) in [6, 6.07) is 5.37. The van der Waals surface area contributed by atoms with Crippen molar-refractivity contribution in [2.75, 3.05) is 19.5 Å². The first kappa shape index (κ1) is 14.7. The molecule has 0 atom stereocenters. The van der Waals surface area contributed by atoms with Gasteiger partial charge in [0.05, 0.1) is 14.2 Å². The third-order valence-electron chi connectivity index (χ3n) is 4.90. The number of anilines is 1. The number of methoxy groups -OCH3 is 2. The van der Waals surface area contributed by atoms with E-state index in [9.17, 15) is 4.79 Å². The summed E-state index contributed by atoms with van der Waals surface area (Å²) in [5.74, 6) is 1.39. The Morgan fingerprint density at radius 3 is 1.80 bits per heavy atom. The minimum atomic E-state index is 0.0206. The van der Waals surface area contributed by atoms with Crippen molar-refractivity contribution in [3.63, 3.8) is 0 Å². The van der Waals surface area contributed by atoms with Crippen LogP contribution in [0.3, 0.4) is 0 Å². The molecular formula is C16H23NO3. The van der Waals surface area contributed by atoms with E-state index in [1.165, 1.54) is 0 Å². The van der Waals surface area contributed by atoms with Crippen molar-refractivity contribution in [3.05, 3.63) is 18.2 Å². The standard InChI is InChI=1S/C16H23NO3/c1-15(2)13(16(15,3)4)14(18)17-10-7-11(19-5)9-12(8-10)20-6/h7-9,13H,1-6H3,(H,17,18). The van der Waals surface area contributed by atoms with Crippen molar-refractivity contribution < 1.29 is 14.3 Å². The molecule has 0 saturated heterocycles. The van der Waals surface area contributed by atoms with Gasteiger partial charge >= 0.3 is 0 Å². The molecule has 110 valence electrons. The van der Waals surface area contributed by atoms with Crippen molar-refractivity contribution in [2.45, 2.75) is 27.7 Å². The number of rotatable bonds is 4. The molecular weight excluding hydrogens is 254 g/mol. The zero-order chi connectivity index (χ0) is 15.1. The summed E-state index contributed by atoms with van der Waals surface area (Å²) in [7, 11) is 3.18. The fraction of sp³-hybridized carbons (Fsp3) is 0.562. The number of hydrogen-bond acceptors (Lipinski definition) is 3. The summed E-state index contributed by atoms with van der Waals surface area (Å²) in [5.41, 5.74) is 0.754. The van der Waals surface area contributed by atoms with Gasteiger partial charge in [0.25, 0.3) is 0 Å². The van der Waals surface area contributed by atoms with Crippen LogP contribution in [0.4, 0.5) is 5.69 Å². The Hall–Kier alpha value is -1.71. The molecule has 0 aromatic heterocycles. The van der Waals surface area contributed by atoms with Gasteiger partial charge in [-0.3, -0.25) is 4.79 Å². The molecule has 4 heteroatoms. The summed E-state index contributed by atoms with van der Waals surface area (Å²) in [5, 5.41) is 2.97. The van der Waals surface area contributed by atoms with E-state index in [0.717, 1.165) is 0 Å². The lowest BCUT2D eigenvalue weighted by atomic mass is 10.0. The molecule has 1 fully saturated rings. The average molecular weight is 277 g/mol. The lowest BCUT2D eigenvalue weighted by molar-refractivity contribution is -0.118. The molecule has 1 N–H and O–H groups in total.